The van der Waals surface area contributed by atoms with Crippen LogP contribution in [0.4, 0.5) is 5.69 Å². The third-order valence-electron chi connectivity index (χ3n) is 2.69. The quantitative estimate of drug-likeness (QED) is 0.773. The van der Waals surface area contributed by atoms with E-state index in [1.165, 1.54) is 12.7 Å². The third kappa shape index (κ3) is 2.77. The van der Waals surface area contributed by atoms with E-state index in [-0.39, 0.29) is 0 Å². The lowest BCUT2D eigenvalue weighted by atomic mass is 10.1. The Kier molecular flexibility index (Phi) is 3.18. The van der Waals surface area contributed by atoms with Crippen LogP contribution in [-0.4, -0.2) is 15.0 Å². The van der Waals surface area contributed by atoms with Crippen LogP contribution in [0.5, 0.6) is 0 Å². The molecule has 3 rings (SSSR count). The SMILES string of the molecule is c1cc(NCc2cncnc2)cc(-c2cnco2)c1. The normalized spacial score (nSPS) is 10.3. The molecule has 0 amide bonds. The van der Waals surface area contributed by atoms with Gasteiger partial charge in [0.05, 0.1) is 6.20 Å². The van der Waals surface area contributed by atoms with Crippen molar-refractivity contribution in [1.82, 2.24) is 15.0 Å². The highest BCUT2D eigenvalue weighted by Crippen LogP contribution is 2.22. The van der Waals surface area contributed by atoms with Gasteiger partial charge in [-0.3, -0.25) is 0 Å². The molecule has 0 aliphatic carbocycles. The Morgan fingerprint density at radius 1 is 1.05 bits per heavy atom. The van der Waals surface area contributed by atoms with Gasteiger partial charge in [-0.2, -0.15) is 0 Å². The Balaban J connectivity index is 1.74. The number of oxazole rings is 1. The van der Waals surface area contributed by atoms with Crippen LogP contribution >= 0.6 is 0 Å². The maximum absolute atomic E-state index is 5.28. The molecule has 2 aromatic heterocycles. The average Bonchev–Trinajstić information content (AvgIpc) is 3.01. The number of nitrogens with one attached hydrogen (secondary N) is 1. The van der Waals surface area contributed by atoms with E-state index in [1.54, 1.807) is 18.6 Å². The summed E-state index contributed by atoms with van der Waals surface area (Å²) >= 11 is 0. The van der Waals surface area contributed by atoms with Crippen LogP contribution in [0.2, 0.25) is 0 Å². The zero-order chi connectivity index (χ0) is 12.9. The summed E-state index contributed by atoms with van der Waals surface area (Å²) in [6.45, 7) is 0.681. The van der Waals surface area contributed by atoms with Gasteiger partial charge in [0.15, 0.2) is 12.2 Å². The van der Waals surface area contributed by atoms with Crippen LogP contribution in [0.25, 0.3) is 11.3 Å². The molecule has 0 saturated carbocycles. The summed E-state index contributed by atoms with van der Waals surface area (Å²) in [5, 5.41) is 3.32. The van der Waals surface area contributed by atoms with Crippen molar-refractivity contribution in [3.05, 3.63) is 61.1 Å². The Morgan fingerprint density at radius 2 is 1.95 bits per heavy atom. The minimum Gasteiger partial charge on any atom is -0.444 e. The Hall–Kier alpha value is -2.69. The first-order valence-corrected chi connectivity index (χ1v) is 5.88. The molecule has 0 fully saturated rings. The lowest BCUT2D eigenvalue weighted by Gasteiger charge is -2.07. The Labute approximate surface area is 110 Å². The number of nitrogens with zero attached hydrogens (tertiary/aromatic N) is 3. The second-order valence-electron chi connectivity index (χ2n) is 4.05. The number of aromatic nitrogens is 3. The topological polar surface area (TPSA) is 63.8 Å². The van der Waals surface area contributed by atoms with E-state index in [9.17, 15) is 0 Å². The average molecular weight is 252 g/mol. The van der Waals surface area contributed by atoms with E-state index in [1.807, 2.05) is 24.3 Å². The zero-order valence-electron chi connectivity index (χ0n) is 10.2. The fourth-order valence-corrected chi connectivity index (χ4v) is 1.77. The summed E-state index contributed by atoms with van der Waals surface area (Å²) < 4.78 is 5.28. The molecule has 0 saturated heterocycles. The first-order chi connectivity index (χ1) is 9.42. The van der Waals surface area contributed by atoms with Gasteiger partial charge in [0.2, 0.25) is 0 Å². The van der Waals surface area contributed by atoms with Gasteiger partial charge in [0.1, 0.15) is 6.33 Å². The molecule has 5 nitrogen and oxygen atoms in total. The van der Waals surface area contributed by atoms with E-state index in [0.29, 0.717) is 6.54 Å². The van der Waals surface area contributed by atoms with E-state index in [4.69, 9.17) is 4.42 Å². The number of hydrogen-bond acceptors (Lipinski definition) is 5. The van der Waals surface area contributed by atoms with Crippen molar-refractivity contribution in [2.24, 2.45) is 0 Å². The van der Waals surface area contributed by atoms with Gasteiger partial charge in [-0.1, -0.05) is 12.1 Å². The van der Waals surface area contributed by atoms with Gasteiger partial charge in [0.25, 0.3) is 0 Å². The van der Waals surface area contributed by atoms with Crippen LogP contribution in [0, 0.1) is 0 Å². The maximum Gasteiger partial charge on any atom is 0.181 e. The molecule has 3 aromatic rings. The second-order valence-corrected chi connectivity index (χ2v) is 4.05. The van der Waals surface area contributed by atoms with Gasteiger partial charge in [0, 0.05) is 35.8 Å². The molecule has 0 unspecified atom stereocenters. The predicted octanol–water partition coefficient (Wildman–Crippen LogP) is 2.74. The molecule has 1 N–H and O–H groups in total. The number of hydrogen-bond donors (Lipinski definition) is 1. The van der Waals surface area contributed by atoms with E-state index < -0.39 is 0 Å². The van der Waals surface area contributed by atoms with E-state index >= 15 is 0 Å². The van der Waals surface area contributed by atoms with Crippen molar-refractivity contribution in [2.75, 3.05) is 5.32 Å². The molecule has 94 valence electrons. The molecule has 0 atom stereocenters. The van der Waals surface area contributed by atoms with Crippen molar-refractivity contribution in [3.8, 4) is 11.3 Å². The summed E-state index contributed by atoms with van der Waals surface area (Å²) in [6, 6.07) is 7.98. The standard InChI is InChI=1S/C14H12N4O/c1-2-12(14-8-17-10-19-14)4-13(3-1)18-7-11-5-15-9-16-6-11/h1-6,8-10,18H,7H2. The van der Waals surface area contributed by atoms with E-state index in [0.717, 1.165) is 22.6 Å². The molecule has 0 spiro atoms. The van der Waals surface area contributed by atoms with Gasteiger partial charge in [-0.15, -0.1) is 0 Å². The monoisotopic (exact) mass is 252 g/mol. The number of anilines is 1. The molecule has 0 bridgehead atoms. The highest BCUT2D eigenvalue weighted by Gasteiger charge is 2.02. The Morgan fingerprint density at radius 3 is 2.74 bits per heavy atom. The van der Waals surface area contributed by atoms with Crippen molar-refractivity contribution in [2.45, 2.75) is 6.54 Å². The molecule has 0 radical (unpaired) electrons. The van der Waals surface area contributed by atoms with Gasteiger partial charge >= 0.3 is 0 Å². The molecule has 0 aliphatic rings. The molecule has 1 aromatic carbocycles. The highest BCUT2D eigenvalue weighted by molar-refractivity contribution is 5.63. The second kappa shape index (κ2) is 5.30. The van der Waals surface area contributed by atoms with Crippen molar-refractivity contribution in [3.63, 3.8) is 0 Å². The fraction of sp³-hybridized carbons (Fsp3) is 0.0714. The fourth-order valence-electron chi connectivity index (χ4n) is 1.77. The van der Waals surface area contributed by atoms with Crippen LogP contribution < -0.4 is 5.32 Å². The van der Waals surface area contributed by atoms with Crippen molar-refractivity contribution >= 4 is 5.69 Å². The molecule has 19 heavy (non-hydrogen) atoms. The predicted molar refractivity (Wildman–Crippen MR) is 71.3 cm³/mol. The smallest absolute Gasteiger partial charge is 0.181 e. The largest absolute Gasteiger partial charge is 0.444 e. The number of rotatable bonds is 4. The lowest BCUT2D eigenvalue weighted by Crippen LogP contribution is -2.00. The maximum atomic E-state index is 5.28. The summed E-state index contributed by atoms with van der Waals surface area (Å²) in [7, 11) is 0. The molecular formula is C14H12N4O. The van der Waals surface area contributed by atoms with Crippen LogP contribution in [0.15, 0.2) is 60.0 Å². The summed E-state index contributed by atoms with van der Waals surface area (Å²) in [4.78, 5) is 11.9. The van der Waals surface area contributed by atoms with Crippen LogP contribution in [0.3, 0.4) is 0 Å². The van der Waals surface area contributed by atoms with Gasteiger partial charge < -0.3 is 9.73 Å². The van der Waals surface area contributed by atoms with Gasteiger partial charge in [-0.25, -0.2) is 15.0 Å². The molecule has 2 heterocycles. The third-order valence-corrected chi connectivity index (χ3v) is 2.69. The summed E-state index contributed by atoms with van der Waals surface area (Å²) in [5.74, 6) is 0.756. The first-order valence-electron chi connectivity index (χ1n) is 5.88. The van der Waals surface area contributed by atoms with Crippen molar-refractivity contribution < 1.29 is 4.42 Å². The zero-order valence-corrected chi connectivity index (χ0v) is 10.2. The highest BCUT2D eigenvalue weighted by atomic mass is 16.3. The minimum absolute atomic E-state index is 0.681. The summed E-state index contributed by atoms with van der Waals surface area (Å²) in [5.41, 5.74) is 3.04. The van der Waals surface area contributed by atoms with Crippen molar-refractivity contribution in [1.29, 1.82) is 0 Å². The molecular weight excluding hydrogens is 240 g/mol. The van der Waals surface area contributed by atoms with Crippen LogP contribution in [-0.2, 0) is 6.54 Å². The minimum atomic E-state index is 0.681. The van der Waals surface area contributed by atoms with E-state index in [2.05, 4.69) is 20.3 Å². The molecule has 5 heteroatoms. The first kappa shape index (κ1) is 11.4. The van der Waals surface area contributed by atoms with Crippen LogP contribution in [0.1, 0.15) is 5.56 Å². The lowest BCUT2D eigenvalue weighted by molar-refractivity contribution is 0.572. The summed E-state index contributed by atoms with van der Waals surface area (Å²) in [6.07, 6.45) is 8.23. The van der Waals surface area contributed by atoms with Gasteiger partial charge in [-0.05, 0) is 12.1 Å². The molecule has 0 aliphatic heterocycles. The Bertz CT molecular complexity index is 638. The number of benzene rings is 1.